The number of halogens is 1. The monoisotopic (exact) mass is 514 g/mol. The van der Waals surface area contributed by atoms with E-state index in [1.165, 1.54) is 0 Å². The lowest BCUT2D eigenvalue weighted by Crippen LogP contribution is -2.38. The van der Waals surface area contributed by atoms with Crippen LogP contribution in [-0.4, -0.2) is 59.4 Å². The number of amides is 1. The molecule has 1 saturated heterocycles. The van der Waals surface area contributed by atoms with Crippen molar-refractivity contribution in [1.82, 2.24) is 9.80 Å². The van der Waals surface area contributed by atoms with Crippen LogP contribution in [0, 0.1) is 0 Å². The number of hydrogen-bond donors (Lipinski definition) is 1. The SMILES string of the molecule is CCCOc1ccc([C@@H]2C(=C(O)c3ccc(Br)cc3)C(=O)C(=O)N2CCN(CC)CC)cc1. The summed E-state index contributed by atoms with van der Waals surface area (Å²) < 4.78 is 6.54. The largest absolute Gasteiger partial charge is 0.507 e. The Morgan fingerprint density at radius 3 is 2.24 bits per heavy atom. The van der Waals surface area contributed by atoms with E-state index in [0.29, 0.717) is 25.3 Å². The molecule has 0 radical (unpaired) electrons. The molecule has 1 amide bonds. The minimum Gasteiger partial charge on any atom is -0.507 e. The first-order chi connectivity index (χ1) is 15.9. The first-order valence-corrected chi connectivity index (χ1v) is 12.2. The number of ketones is 1. The summed E-state index contributed by atoms with van der Waals surface area (Å²) in [4.78, 5) is 30.0. The fourth-order valence-electron chi connectivity index (χ4n) is 3.98. The van der Waals surface area contributed by atoms with Crippen molar-refractivity contribution in [2.45, 2.75) is 33.2 Å². The predicted octanol–water partition coefficient (Wildman–Crippen LogP) is 5.00. The Morgan fingerprint density at radius 2 is 1.67 bits per heavy atom. The van der Waals surface area contributed by atoms with Gasteiger partial charge in [0.2, 0.25) is 0 Å². The zero-order valence-corrected chi connectivity index (χ0v) is 21.0. The van der Waals surface area contributed by atoms with Gasteiger partial charge in [0.1, 0.15) is 11.5 Å². The fraction of sp³-hybridized carbons (Fsp3) is 0.385. The molecule has 2 aromatic carbocycles. The van der Waals surface area contributed by atoms with Gasteiger partial charge in [-0.1, -0.05) is 61.0 Å². The number of rotatable bonds is 10. The number of Topliss-reactive ketones (excluding diaryl/α,β-unsaturated/α-hetero) is 1. The van der Waals surface area contributed by atoms with Crippen LogP contribution in [0.4, 0.5) is 0 Å². The summed E-state index contributed by atoms with van der Waals surface area (Å²) in [7, 11) is 0. The highest BCUT2D eigenvalue weighted by atomic mass is 79.9. The van der Waals surface area contributed by atoms with Gasteiger partial charge in [0.05, 0.1) is 18.2 Å². The van der Waals surface area contributed by atoms with Gasteiger partial charge in [0.25, 0.3) is 11.7 Å². The number of benzene rings is 2. The minimum atomic E-state index is -0.663. The third-order valence-electron chi connectivity index (χ3n) is 5.88. The molecule has 1 atom stereocenters. The summed E-state index contributed by atoms with van der Waals surface area (Å²) in [5, 5.41) is 11.1. The summed E-state index contributed by atoms with van der Waals surface area (Å²) in [6, 6.07) is 13.8. The van der Waals surface area contributed by atoms with Crippen LogP contribution in [0.2, 0.25) is 0 Å². The molecular weight excluding hydrogens is 484 g/mol. The van der Waals surface area contributed by atoms with E-state index in [1.807, 2.05) is 31.2 Å². The molecule has 0 unspecified atom stereocenters. The summed E-state index contributed by atoms with van der Waals surface area (Å²) >= 11 is 3.39. The van der Waals surface area contributed by atoms with Crippen LogP contribution in [0.5, 0.6) is 5.75 Å². The average molecular weight is 515 g/mol. The molecule has 1 heterocycles. The van der Waals surface area contributed by atoms with Crippen molar-refractivity contribution in [2.24, 2.45) is 0 Å². The Labute approximate surface area is 204 Å². The molecule has 2 aromatic rings. The second-order valence-corrected chi connectivity index (χ2v) is 8.86. The molecule has 1 aliphatic rings. The van der Waals surface area contributed by atoms with Gasteiger partial charge in [-0.3, -0.25) is 9.59 Å². The summed E-state index contributed by atoms with van der Waals surface area (Å²) in [6.07, 6.45) is 0.903. The van der Waals surface area contributed by atoms with E-state index in [9.17, 15) is 14.7 Å². The molecule has 0 aromatic heterocycles. The van der Waals surface area contributed by atoms with E-state index in [4.69, 9.17) is 4.74 Å². The van der Waals surface area contributed by atoms with Gasteiger partial charge in [-0.2, -0.15) is 0 Å². The van der Waals surface area contributed by atoms with Gasteiger partial charge >= 0.3 is 0 Å². The van der Waals surface area contributed by atoms with Crippen LogP contribution in [0.3, 0.4) is 0 Å². The molecule has 0 aliphatic carbocycles. The van der Waals surface area contributed by atoms with Crippen molar-refractivity contribution in [2.75, 3.05) is 32.8 Å². The number of ether oxygens (including phenoxy) is 1. The van der Waals surface area contributed by atoms with Crippen LogP contribution >= 0.6 is 15.9 Å². The van der Waals surface area contributed by atoms with Crippen molar-refractivity contribution >= 4 is 33.4 Å². The molecule has 0 bridgehead atoms. The lowest BCUT2D eigenvalue weighted by atomic mass is 9.95. The highest BCUT2D eigenvalue weighted by Crippen LogP contribution is 2.39. The van der Waals surface area contributed by atoms with Gasteiger partial charge < -0.3 is 19.6 Å². The van der Waals surface area contributed by atoms with E-state index >= 15 is 0 Å². The second kappa shape index (κ2) is 11.5. The highest BCUT2D eigenvalue weighted by molar-refractivity contribution is 9.10. The molecule has 0 saturated carbocycles. The van der Waals surface area contributed by atoms with E-state index in [-0.39, 0.29) is 11.3 Å². The molecular formula is C26H31BrN2O4. The minimum absolute atomic E-state index is 0.115. The number of nitrogens with zero attached hydrogens (tertiary/aromatic N) is 2. The Balaban J connectivity index is 2.04. The third kappa shape index (κ3) is 5.65. The Morgan fingerprint density at radius 1 is 1.03 bits per heavy atom. The first-order valence-electron chi connectivity index (χ1n) is 11.4. The summed E-state index contributed by atoms with van der Waals surface area (Å²) in [6.45, 7) is 9.54. The number of carbonyl (C=O) groups excluding carboxylic acids is 2. The highest BCUT2D eigenvalue weighted by Gasteiger charge is 2.45. The quantitative estimate of drug-likeness (QED) is 0.274. The van der Waals surface area contributed by atoms with Crippen molar-refractivity contribution in [3.05, 3.63) is 69.7 Å². The normalized spacial score (nSPS) is 17.7. The standard InChI is InChI=1S/C26H31BrN2O4/c1-4-17-33-21-13-9-18(10-14-21)23-22(24(30)19-7-11-20(27)12-8-19)25(31)26(32)29(23)16-15-28(5-2)6-3/h7-14,23,30H,4-6,15-17H2,1-3H3/t23-/m1/s1. The van der Waals surface area contributed by atoms with Gasteiger partial charge in [-0.05, 0) is 49.3 Å². The molecule has 3 rings (SSSR count). The smallest absolute Gasteiger partial charge is 0.295 e. The third-order valence-corrected chi connectivity index (χ3v) is 6.41. The van der Waals surface area contributed by atoms with Crippen molar-refractivity contribution in [3.8, 4) is 5.75 Å². The van der Waals surface area contributed by atoms with Crippen molar-refractivity contribution < 1.29 is 19.4 Å². The molecule has 33 heavy (non-hydrogen) atoms. The van der Waals surface area contributed by atoms with E-state index in [0.717, 1.165) is 35.3 Å². The topological polar surface area (TPSA) is 70.1 Å². The maximum absolute atomic E-state index is 13.1. The van der Waals surface area contributed by atoms with Crippen LogP contribution in [-0.2, 0) is 9.59 Å². The number of aliphatic hydroxyl groups is 1. The number of hydrogen-bond acceptors (Lipinski definition) is 5. The zero-order valence-electron chi connectivity index (χ0n) is 19.4. The molecule has 1 fully saturated rings. The Hall–Kier alpha value is -2.64. The molecule has 0 spiro atoms. The molecule has 176 valence electrons. The Kier molecular flexibility index (Phi) is 8.69. The number of carbonyl (C=O) groups is 2. The van der Waals surface area contributed by atoms with Gasteiger partial charge in [0, 0.05) is 23.1 Å². The molecule has 7 heteroatoms. The van der Waals surface area contributed by atoms with Crippen LogP contribution in [0.15, 0.2) is 58.6 Å². The lowest BCUT2D eigenvalue weighted by molar-refractivity contribution is -0.140. The van der Waals surface area contributed by atoms with Gasteiger partial charge in [-0.25, -0.2) is 0 Å². The predicted molar refractivity (Wildman–Crippen MR) is 133 cm³/mol. The number of aliphatic hydroxyl groups excluding tert-OH is 1. The van der Waals surface area contributed by atoms with Crippen LogP contribution in [0.25, 0.3) is 5.76 Å². The lowest BCUT2D eigenvalue weighted by Gasteiger charge is -2.28. The van der Waals surface area contributed by atoms with Crippen molar-refractivity contribution in [3.63, 3.8) is 0 Å². The van der Waals surface area contributed by atoms with Crippen LogP contribution in [0.1, 0.15) is 44.4 Å². The van der Waals surface area contributed by atoms with Crippen molar-refractivity contribution in [1.29, 1.82) is 0 Å². The average Bonchev–Trinajstić information content (AvgIpc) is 3.08. The first kappa shape index (κ1) is 25.0. The molecule has 6 nitrogen and oxygen atoms in total. The summed E-state index contributed by atoms with van der Waals surface area (Å²) in [5.74, 6) is -0.681. The van der Waals surface area contributed by atoms with E-state index in [2.05, 4.69) is 34.7 Å². The van der Waals surface area contributed by atoms with E-state index in [1.54, 1.807) is 29.2 Å². The fourth-order valence-corrected chi connectivity index (χ4v) is 4.24. The van der Waals surface area contributed by atoms with Gasteiger partial charge in [-0.15, -0.1) is 0 Å². The Bertz CT molecular complexity index is 998. The molecule has 1 N–H and O–H groups in total. The number of likely N-dealkylation sites (N-methyl/N-ethyl adjacent to an activating group) is 1. The second-order valence-electron chi connectivity index (χ2n) is 7.94. The van der Waals surface area contributed by atoms with Crippen LogP contribution < -0.4 is 4.74 Å². The maximum Gasteiger partial charge on any atom is 0.295 e. The van der Waals surface area contributed by atoms with Gasteiger partial charge in [0.15, 0.2) is 0 Å². The molecule has 1 aliphatic heterocycles. The maximum atomic E-state index is 13.1. The zero-order chi connectivity index (χ0) is 24.0. The van der Waals surface area contributed by atoms with E-state index < -0.39 is 17.7 Å². The summed E-state index contributed by atoms with van der Waals surface area (Å²) in [5.41, 5.74) is 1.37. The number of likely N-dealkylation sites (tertiary alicyclic amines) is 1.